The number of carbonyl (C=O) groups is 2. The van der Waals surface area contributed by atoms with Crippen LogP contribution < -0.4 is 11.1 Å². The van der Waals surface area contributed by atoms with Gasteiger partial charge in [0.1, 0.15) is 6.04 Å². The normalized spacial score (nSPS) is 14.8. The molecule has 3 atom stereocenters. The summed E-state index contributed by atoms with van der Waals surface area (Å²) >= 11 is 0. The minimum atomic E-state index is -1.06. The molecule has 5 heteroatoms. The number of nitrogens with one attached hydrogen (secondary N) is 1. The van der Waals surface area contributed by atoms with Crippen molar-refractivity contribution in [1.82, 2.24) is 5.32 Å². The number of hydrogen-bond donors (Lipinski definition) is 3. The molecule has 128 valence electrons. The minimum absolute atomic E-state index is 0.000105. The standard InChI is InChI=1S/C19H24N2O3/c1-3-12(2)17(20)18(22)21-16(19(23)24)11-13-8-9-14-6-4-5-7-15(14)10-13/h4-10,12,16-17H,3,11,20H2,1-2H3,(H,21,22)(H,23,24)/t12-,16-,17-/m0/s1. The van der Waals surface area contributed by atoms with Crippen molar-refractivity contribution in [2.24, 2.45) is 11.7 Å². The third-order valence-electron chi connectivity index (χ3n) is 4.43. The number of nitrogens with two attached hydrogens (primary N) is 1. The molecule has 0 saturated heterocycles. The summed E-state index contributed by atoms with van der Waals surface area (Å²) in [4.78, 5) is 23.7. The Kier molecular flexibility index (Phi) is 5.93. The monoisotopic (exact) mass is 328 g/mol. The van der Waals surface area contributed by atoms with E-state index in [1.807, 2.05) is 56.3 Å². The van der Waals surface area contributed by atoms with Crippen LogP contribution in [0.4, 0.5) is 0 Å². The highest BCUT2D eigenvalue weighted by atomic mass is 16.4. The third-order valence-corrected chi connectivity index (χ3v) is 4.43. The molecule has 0 heterocycles. The Labute approximate surface area is 141 Å². The number of carboxylic acid groups (broad SMARTS) is 1. The number of carboxylic acids is 1. The van der Waals surface area contributed by atoms with E-state index in [1.54, 1.807) is 0 Å². The summed E-state index contributed by atoms with van der Waals surface area (Å²) in [5, 5.41) is 14.1. The fourth-order valence-corrected chi connectivity index (χ4v) is 2.58. The van der Waals surface area contributed by atoms with Crippen LogP contribution in [-0.2, 0) is 16.0 Å². The first-order valence-electron chi connectivity index (χ1n) is 8.18. The average Bonchev–Trinajstić information content (AvgIpc) is 2.59. The zero-order valence-electron chi connectivity index (χ0n) is 14.0. The topological polar surface area (TPSA) is 92.4 Å². The quantitative estimate of drug-likeness (QED) is 0.727. The first-order valence-corrected chi connectivity index (χ1v) is 8.18. The second-order valence-corrected chi connectivity index (χ2v) is 6.20. The van der Waals surface area contributed by atoms with Gasteiger partial charge in [-0.15, -0.1) is 0 Å². The van der Waals surface area contributed by atoms with Gasteiger partial charge in [-0.2, -0.15) is 0 Å². The van der Waals surface area contributed by atoms with Crippen molar-refractivity contribution >= 4 is 22.6 Å². The Hall–Kier alpha value is -2.40. The number of carbonyl (C=O) groups excluding carboxylic acids is 1. The molecule has 24 heavy (non-hydrogen) atoms. The van der Waals surface area contributed by atoms with Gasteiger partial charge in [-0.3, -0.25) is 4.79 Å². The van der Waals surface area contributed by atoms with Gasteiger partial charge >= 0.3 is 5.97 Å². The van der Waals surface area contributed by atoms with E-state index < -0.39 is 24.0 Å². The van der Waals surface area contributed by atoms with Crippen LogP contribution in [0.3, 0.4) is 0 Å². The molecule has 0 radical (unpaired) electrons. The van der Waals surface area contributed by atoms with Crippen molar-refractivity contribution in [3.63, 3.8) is 0 Å². The second kappa shape index (κ2) is 7.93. The predicted octanol–water partition coefficient (Wildman–Crippen LogP) is 2.33. The van der Waals surface area contributed by atoms with Crippen LogP contribution in [0.1, 0.15) is 25.8 Å². The molecule has 0 aliphatic heterocycles. The van der Waals surface area contributed by atoms with Crippen molar-refractivity contribution in [3.05, 3.63) is 48.0 Å². The smallest absolute Gasteiger partial charge is 0.326 e. The number of benzene rings is 2. The highest BCUT2D eigenvalue weighted by molar-refractivity contribution is 5.87. The largest absolute Gasteiger partial charge is 0.480 e. The highest BCUT2D eigenvalue weighted by Crippen LogP contribution is 2.17. The molecule has 0 unspecified atom stereocenters. The summed E-state index contributed by atoms with van der Waals surface area (Å²) in [6.07, 6.45) is 0.982. The highest BCUT2D eigenvalue weighted by Gasteiger charge is 2.26. The van der Waals surface area contributed by atoms with E-state index in [4.69, 9.17) is 5.73 Å². The van der Waals surface area contributed by atoms with Gasteiger partial charge in [0.05, 0.1) is 6.04 Å². The van der Waals surface area contributed by atoms with Gasteiger partial charge in [0.2, 0.25) is 5.91 Å². The van der Waals surface area contributed by atoms with E-state index in [0.29, 0.717) is 0 Å². The first kappa shape index (κ1) is 17.9. The maximum absolute atomic E-state index is 12.2. The van der Waals surface area contributed by atoms with E-state index in [9.17, 15) is 14.7 Å². The average molecular weight is 328 g/mol. The van der Waals surface area contributed by atoms with Gasteiger partial charge in [-0.1, -0.05) is 62.7 Å². The number of fused-ring (bicyclic) bond motifs is 1. The lowest BCUT2D eigenvalue weighted by molar-refractivity contribution is -0.142. The van der Waals surface area contributed by atoms with Crippen LogP contribution in [0.25, 0.3) is 10.8 Å². The van der Waals surface area contributed by atoms with Crippen molar-refractivity contribution in [2.75, 3.05) is 0 Å². The SMILES string of the molecule is CC[C@H](C)[C@H](N)C(=O)N[C@@H](Cc1ccc2ccccc2c1)C(=O)O. The fraction of sp³-hybridized carbons (Fsp3) is 0.368. The maximum atomic E-state index is 12.2. The minimum Gasteiger partial charge on any atom is -0.480 e. The zero-order chi connectivity index (χ0) is 17.7. The lowest BCUT2D eigenvalue weighted by atomic mass is 9.98. The van der Waals surface area contributed by atoms with Crippen molar-refractivity contribution in [1.29, 1.82) is 0 Å². The van der Waals surface area contributed by atoms with Gasteiger partial charge in [-0.25, -0.2) is 4.79 Å². The summed E-state index contributed by atoms with van der Waals surface area (Å²) < 4.78 is 0. The van der Waals surface area contributed by atoms with Crippen LogP contribution >= 0.6 is 0 Å². The fourth-order valence-electron chi connectivity index (χ4n) is 2.58. The molecule has 0 aromatic heterocycles. The predicted molar refractivity (Wildman–Crippen MR) is 94.6 cm³/mol. The van der Waals surface area contributed by atoms with Gasteiger partial charge in [0.15, 0.2) is 0 Å². The molecule has 0 bridgehead atoms. The Balaban J connectivity index is 2.12. The van der Waals surface area contributed by atoms with E-state index in [2.05, 4.69) is 5.32 Å². The molecule has 5 nitrogen and oxygen atoms in total. The van der Waals surface area contributed by atoms with Crippen molar-refractivity contribution in [2.45, 2.75) is 38.8 Å². The van der Waals surface area contributed by atoms with Gasteiger partial charge in [-0.05, 0) is 22.3 Å². The first-order chi connectivity index (χ1) is 11.4. The molecule has 0 fully saturated rings. The molecule has 2 rings (SSSR count). The molecule has 2 aromatic carbocycles. The Morgan fingerprint density at radius 1 is 1.17 bits per heavy atom. The Morgan fingerprint density at radius 2 is 1.83 bits per heavy atom. The van der Waals surface area contributed by atoms with Crippen LogP contribution in [0, 0.1) is 5.92 Å². The zero-order valence-corrected chi connectivity index (χ0v) is 14.0. The molecule has 0 spiro atoms. The van der Waals surface area contributed by atoms with Crippen LogP contribution in [0.5, 0.6) is 0 Å². The van der Waals surface area contributed by atoms with E-state index in [1.165, 1.54) is 0 Å². The maximum Gasteiger partial charge on any atom is 0.326 e. The van der Waals surface area contributed by atoms with E-state index in [0.717, 1.165) is 22.8 Å². The van der Waals surface area contributed by atoms with Gasteiger partial charge in [0.25, 0.3) is 0 Å². The third kappa shape index (κ3) is 4.32. The van der Waals surface area contributed by atoms with Crippen LogP contribution in [-0.4, -0.2) is 29.1 Å². The van der Waals surface area contributed by atoms with Crippen molar-refractivity contribution in [3.8, 4) is 0 Å². The van der Waals surface area contributed by atoms with Gasteiger partial charge < -0.3 is 16.2 Å². The summed E-state index contributed by atoms with van der Waals surface area (Å²) in [5.74, 6) is -1.48. The summed E-state index contributed by atoms with van der Waals surface area (Å²) in [6.45, 7) is 3.82. The second-order valence-electron chi connectivity index (χ2n) is 6.20. The molecule has 0 aliphatic rings. The Bertz CT molecular complexity index is 729. The summed E-state index contributed by atoms with van der Waals surface area (Å²) in [5.41, 5.74) is 6.74. The number of hydrogen-bond acceptors (Lipinski definition) is 3. The molecule has 1 amide bonds. The van der Waals surface area contributed by atoms with E-state index >= 15 is 0 Å². The van der Waals surface area contributed by atoms with E-state index in [-0.39, 0.29) is 12.3 Å². The lowest BCUT2D eigenvalue weighted by Crippen LogP contribution is -2.51. The lowest BCUT2D eigenvalue weighted by Gasteiger charge is -2.21. The molecule has 0 aliphatic carbocycles. The number of aliphatic carboxylic acids is 1. The molecular weight excluding hydrogens is 304 g/mol. The molecular formula is C19H24N2O3. The van der Waals surface area contributed by atoms with Gasteiger partial charge in [0, 0.05) is 6.42 Å². The number of amides is 1. The van der Waals surface area contributed by atoms with Crippen LogP contribution in [0.15, 0.2) is 42.5 Å². The molecule has 0 saturated carbocycles. The summed E-state index contributed by atoms with van der Waals surface area (Å²) in [6, 6.07) is 12.0. The summed E-state index contributed by atoms with van der Waals surface area (Å²) in [7, 11) is 0. The molecule has 4 N–H and O–H groups in total. The Morgan fingerprint density at radius 3 is 2.46 bits per heavy atom. The van der Waals surface area contributed by atoms with Crippen LogP contribution in [0.2, 0.25) is 0 Å². The van der Waals surface area contributed by atoms with Crippen molar-refractivity contribution < 1.29 is 14.7 Å². The molecule has 2 aromatic rings. The number of rotatable bonds is 7.